The number of benzene rings is 1. The Morgan fingerprint density at radius 1 is 1.06 bits per heavy atom. The standard InChI is InChI=1S/C29H32N2O3/c1-28-17-24(19-2-5-21(6-3-19)31-13-12-30-18-31)27-22-10-11-29(33-14-15-34-29)16-20(22)4-7-23(27)25(28)8-9-26(28)32/h2-3,5-6,12-13,16,18,23-25H,4,7-11,14-15,17H2,1H3. The Morgan fingerprint density at radius 2 is 1.88 bits per heavy atom. The summed E-state index contributed by atoms with van der Waals surface area (Å²) in [7, 11) is 0. The lowest BCUT2D eigenvalue weighted by Gasteiger charge is -2.50. The molecule has 5 aliphatic rings. The molecule has 1 aromatic heterocycles. The van der Waals surface area contributed by atoms with Crippen LogP contribution in [0.4, 0.5) is 0 Å². The van der Waals surface area contributed by atoms with Gasteiger partial charge in [0.05, 0.1) is 19.5 Å². The van der Waals surface area contributed by atoms with Crippen LogP contribution in [-0.4, -0.2) is 34.3 Å². The van der Waals surface area contributed by atoms with Crippen LogP contribution >= 0.6 is 0 Å². The van der Waals surface area contributed by atoms with Crippen molar-refractivity contribution in [3.63, 3.8) is 0 Å². The van der Waals surface area contributed by atoms with E-state index in [0.717, 1.165) is 50.6 Å². The van der Waals surface area contributed by atoms with Crippen molar-refractivity contribution in [3.8, 4) is 5.69 Å². The highest BCUT2D eigenvalue weighted by atomic mass is 16.7. The maximum atomic E-state index is 13.2. The molecule has 1 saturated heterocycles. The summed E-state index contributed by atoms with van der Waals surface area (Å²) in [5.41, 5.74) is 6.87. The molecule has 2 aromatic rings. The average Bonchev–Trinajstić information content (AvgIpc) is 3.61. The van der Waals surface area contributed by atoms with Crippen molar-refractivity contribution in [1.29, 1.82) is 0 Å². The van der Waals surface area contributed by atoms with Crippen LogP contribution < -0.4 is 0 Å². The summed E-state index contributed by atoms with van der Waals surface area (Å²) in [6, 6.07) is 8.94. The van der Waals surface area contributed by atoms with Crippen LogP contribution in [0.1, 0.15) is 63.4 Å². The summed E-state index contributed by atoms with van der Waals surface area (Å²) in [6.45, 7) is 3.64. The fourth-order valence-corrected chi connectivity index (χ4v) is 7.84. The first-order valence-corrected chi connectivity index (χ1v) is 12.9. The minimum absolute atomic E-state index is 0.197. The lowest BCUT2D eigenvalue weighted by atomic mass is 9.53. The van der Waals surface area contributed by atoms with Crippen LogP contribution in [0.3, 0.4) is 0 Å². The molecule has 5 nitrogen and oxygen atoms in total. The Morgan fingerprint density at radius 3 is 2.65 bits per heavy atom. The number of carbonyl (C=O) groups excluding carboxylic acids is 1. The SMILES string of the molecule is CC12CC(c3ccc(-n4ccnc4)cc3)C3=C4CCC5(C=C4CCC3C1CCC2=O)OCCO5. The maximum Gasteiger partial charge on any atom is 0.188 e. The molecule has 1 spiro atoms. The van der Waals surface area contributed by atoms with E-state index in [9.17, 15) is 4.79 Å². The molecule has 34 heavy (non-hydrogen) atoms. The van der Waals surface area contributed by atoms with Crippen LogP contribution in [0.25, 0.3) is 5.69 Å². The molecule has 4 atom stereocenters. The highest BCUT2D eigenvalue weighted by Crippen LogP contribution is 2.63. The van der Waals surface area contributed by atoms with E-state index in [1.54, 1.807) is 11.1 Å². The molecular formula is C29H32N2O3. The number of hydrogen-bond acceptors (Lipinski definition) is 4. The molecule has 5 heteroatoms. The number of fused-ring (bicyclic) bond motifs is 4. The van der Waals surface area contributed by atoms with Crippen LogP contribution in [0.15, 0.2) is 65.8 Å². The molecule has 2 heterocycles. The Balaban J connectivity index is 1.34. The maximum absolute atomic E-state index is 13.2. The van der Waals surface area contributed by atoms with Gasteiger partial charge in [-0.05, 0) is 78.9 Å². The van der Waals surface area contributed by atoms with E-state index in [-0.39, 0.29) is 5.41 Å². The molecule has 3 fully saturated rings. The van der Waals surface area contributed by atoms with Crippen LogP contribution in [0.5, 0.6) is 0 Å². The zero-order valence-corrected chi connectivity index (χ0v) is 19.8. The molecular weight excluding hydrogens is 424 g/mol. The number of nitrogens with zero attached hydrogens (tertiary/aromatic N) is 2. The fourth-order valence-electron chi connectivity index (χ4n) is 7.84. The summed E-state index contributed by atoms with van der Waals surface area (Å²) in [4.78, 5) is 17.4. The van der Waals surface area contributed by atoms with Gasteiger partial charge in [-0.3, -0.25) is 4.79 Å². The summed E-state index contributed by atoms with van der Waals surface area (Å²) in [5, 5.41) is 0. The first kappa shape index (κ1) is 20.8. The van der Waals surface area contributed by atoms with E-state index < -0.39 is 5.79 Å². The number of hydrogen-bond donors (Lipinski definition) is 0. The molecule has 0 N–H and O–H groups in total. The molecule has 1 aromatic carbocycles. The molecule has 2 saturated carbocycles. The van der Waals surface area contributed by atoms with Gasteiger partial charge in [-0.15, -0.1) is 0 Å². The Labute approximate surface area is 200 Å². The van der Waals surface area contributed by atoms with Gasteiger partial charge in [-0.25, -0.2) is 4.98 Å². The zero-order valence-electron chi connectivity index (χ0n) is 19.8. The van der Waals surface area contributed by atoms with Crippen LogP contribution in [0.2, 0.25) is 0 Å². The van der Waals surface area contributed by atoms with Crippen molar-refractivity contribution in [2.45, 2.75) is 63.6 Å². The zero-order chi connectivity index (χ0) is 22.9. The topological polar surface area (TPSA) is 53.4 Å². The van der Waals surface area contributed by atoms with E-state index in [4.69, 9.17) is 9.47 Å². The Kier molecular flexibility index (Phi) is 4.59. The molecule has 176 valence electrons. The van der Waals surface area contributed by atoms with Gasteiger partial charge in [-0.2, -0.15) is 0 Å². The molecule has 1 aliphatic heterocycles. The van der Waals surface area contributed by atoms with Gasteiger partial charge in [0, 0.05) is 42.3 Å². The number of rotatable bonds is 2. The van der Waals surface area contributed by atoms with Gasteiger partial charge >= 0.3 is 0 Å². The van der Waals surface area contributed by atoms with Crippen molar-refractivity contribution in [1.82, 2.24) is 9.55 Å². The Hall–Kier alpha value is -2.50. The molecule has 4 unspecified atom stereocenters. The first-order chi connectivity index (χ1) is 16.6. The predicted molar refractivity (Wildman–Crippen MR) is 128 cm³/mol. The third-order valence-corrected chi connectivity index (χ3v) is 9.48. The molecule has 7 rings (SSSR count). The lowest BCUT2D eigenvalue weighted by molar-refractivity contribution is -0.128. The normalized spacial score (nSPS) is 34.1. The highest BCUT2D eigenvalue weighted by molar-refractivity contribution is 5.87. The average molecular weight is 457 g/mol. The lowest BCUT2D eigenvalue weighted by Crippen LogP contribution is -2.44. The van der Waals surface area contributed by atoms with Crippen LogP contribution in [0, 0.1) is 17.3 Å². The van der Waals surface area contributed by atoms with E-state index in [2.05, 4.69) is 42.2 Å². The number of ketones is 1. The first-order valence-electron chi connectivity index (χ1n) is 12.9. The summed E-state index contributed by atoms with van der Waals surface area (Å²) < 4.78 is 14.1. The van der Waals surface area contributed by atoms with Crippen LogP contribution in [-0.2, 0) is 14.3 Å². The number of carbonyl (C=O) groups is 1. The monoisotopic (exact) mass is 456 g/mol. The number of Topliss-reactive ketones (excluding diaryl/α,β-unsaturated/α-hetero) is 1. The molecule has 4 aliphatic carbocycles. The van der Waals surface area contributed by atoms with Gasteiger partial charge < -0.3 is 14.0 Å². The Bertz CT molecular complexity index is 1190. The van der Waals surface area contributed by atoms with Crippen molar-refractivity contribution in [3.05, 3.63) is 71.3 Å². The van der Waals surface area contributed by atoms with E-state index in [1.165, 1.54) is 11.1 Å². The second-order valence-corrected chi connectivity index (χ2v) is 11.1. The van der Waals surface area contributed by atoms with Crippen molar-refractivity contribution in [2.75, 3.05) is 13.2 Å². The number of ether oxygens (including phenoxy) is 2. The quantitative estimate of drug-likeness (QED) is 0.598. The van der Waals surface area contributed by atoms with Gasteiger partial charge in [0.1, 0.15) is 5.78 Å². The van der Waals surface area contributed by atoms with E-state index >= 15 is 0 Å². The summed E-state index contributed by atoms with van der Waals surface area (Å²) in [5.74, 6) is 1.28. The van der Waals surface area contributed by atoms with E-state index in [0.29, 0.717) is 36.8 Å². The van der Waals surface area contributed by atoms with Crippen molar-refractivity contribution < 1.29 is 14.3 Å². The second kappa shape index (κ2) is 7.50. The molecule has 0 amide bonds. The predicted octanol–water partition coefficient (Wildman–Crippen LogP) is 5.51. The third kappa shape index (κ3) is 2.99. The fraction of sp³-hybridized carbons (Fsp3) is 0.517. The summed E-state index contributed by atoms with van der Waals surface area (Å²) >= 11 is 0. The minimum Gasteiger partial charge on any atom is -0.344 e. The van der Waals surface area contributed by atoms with Gasteiger partial charge in [0.15, 0.2) is 5.79 Å². The molecule has 0 radical (unpaired) electrons. The smallest absolute Gasteiger partial charge is 0.188 e. The minimum atomic E-state index is -0.499. The van der Waals surface area contributed by atoms with Gasteiger partial charge in [0.2, 0.25) is 0 Å². The van der Waals surface area contributed by atoms with Gasteiger partial charge in [-0.1, -0.05) is 24.6 Å². The van der Waals surface area contributed by atoms with E-state index in [1.807, 2.05) is 23.3 Å². The van der Waals surface area contributed by atoms with Gasteiger partial charge in [0.25, 0.3) is 0 Å². The number of aromatic nitrogens is 2. The summed E-state index contributed by atoms with van der Waals surface area (Å²) in [6.07, 6.45) is 14.8. The highest BCUT2D eigenvalue weighted by Gasteiger charge is 2.56. The van der Waals surface area contributed by atoms with Crippen molar-refractivity contribution >= 4 is 5.78 Å². The number of imidazole rings is 1. The molecule has 0 bridgehead atoms. The number of allylic oxidation sites excluding steroid dienone is 3. The third-order valence-electron chi connectivity index (χ3n) is 9.48. The largest absolute Gasteiger partial charge is 0.344 e. The van der Waals surface area contributed by atoms with Crippen molar-refractivity contribution in [2.24, 2.45) is 17.3 Å². The second-order valence-electron chi connectivity index (χ2n) is 11.1.